The van der Waals surface area contributed by atoms with Crippen molar-refractivity contribution in [3.63, 3.8) is 0 Å². The lowest BCUT2D eigenvalue weighted by molar-refractivity contribution is -0.150. The molecular weight excluding hydrogens is 168 g/mol. The van der Waals surface area contributed by atoms with Gasteiger partial charge in [-0.2, -0.15) is 0 Å². The molecule has 2 amide bonds. The Bertz CT molecular complexity index is 242. The first-order valence-electron chi connectivity index (χ1n) is 4.73. The van der Waals surface area contributed by atoms with Crippen molar-refractivity contribution in [2.24, 2.45) is 11.8 Å². The van der Waals surface area contributed by atoms with Gasteiger partial charge in [0.15, 0.2) is 0 Å². The first kappa shape index (κ1) is 8.53. The lowest BCUT2D eigenvalue weighted by atomic mass is 9.94. The van der Waals surface area contributed by atoms with Crippen LogP contribution in [0.25, 0.3) is 0 Å². The van der Waals surface area contributed by atoms with E-state index >= 15 is 0 Å². The van der Waals surface area contributed by atoms with Crippen LogP contribution in [0.1, 0.15) is 12.8 Å². The Morgan fingerprint density at radius 2 is 1.85 bits per heavy atom. The molecule has 72 valence electrons. The molecule has 0 aromatic carbocycles. The molecule has 0 atom stereocenters. The summed E-state index contributed by atoms with van der Waals surface area (Å²) in [4.78, 5) is 23.8. The molecule has 0 aromatic rings. The van der Waals surface area contributed by atoms with Crippen LogP contribution in [0.4, 0.5) is 0 Å². The van der Waals surface area contributed by atoms with Gasteiger partial charge < -0.3 is 10.2 Å². The van der Waals surface area contributed by atoms with Crippen molar-refractivity contribution in [2.75, 3.05) is 20.1 Å². The largest absolute Gasteiger partial charge is 0.351 e. The second-order valence-corrected chi connectivity index (χ2v) is 3.89. The molecule has 0 bridgehead atoms. The van der Waals surface area contributed by atoms with Crippen LogP contribution in [0, 0.1) is 11.8 Å². The summed E-state index contributed by atoms with van der Waals surface area (Å²) in [6.45, 7) is 1.58. The Hall–Kier alpha value is -1.06. The zero-order chi connectivity index (χ0) is 9.42. The molecule has 2 aliphatic rings. The van der Waals surface area contributed by atoms with Gasteiger partial charge in [-0.25, -0.2) is 0 Å². The van der Waals surface area contributed by atoms with Crippen LogP contribution in [-0.4, -0.2) is 36.9 Å². The van der Waals surface area contributed by atoms with Crippen molar-refractivity contribution in [1.82, 2.24) is 10.2 Å². The molecule has 4 heteroatoms. The lowest BCUT2D eigenvalue weighted by Gasteiger charge is -2.38. The Labute approximate surface area is 77.3 Å². The Morgan fingerprint density at radius 3 is 2.31 bits per heavy atom. The van der Waals surface area contributed by atoms with E-state index in [-0.39, 0.29) is 5.91 Å². The fourth-order valence-electron chi connectivity index (χ4n) is 1.79. The van der Waals surface area contributed by atoms with Gasteiger partial charge in [0.05, 0.1) is 0 Å². The zero-order valence-corrected chi connectivity index (χ0v) is 7.75. The molecule has 0 spiro atoms. The van der Waals surface area contributed by atoms with Crippen molar-refractivity contribution in [3.05, 3.63) is 0 Å². The van der Waals surface area contributed by atoms with Gasteiger partial charge in [-0.05, 0) is 24.7 Å². The van der Waals surface area contributed by atoms with E-state index in [4.69, 9.17) is 0 Å². The summed E-state index contributed by atoms with van der Waals surface area (Å²) in [5.41, 5.74) is 0. The predicted octanol–water partition coefficient (Wildman–Crippen LogP) is -0.399. The number of nitrogens with one attached hydrogen (secondary N) is 1. The molecule has 0 aromatic heterocycles. The maximum Gasteiger partial charge on any atom is 0.311 e. The van der Waals surface area contributed by atoms with Crippen molar-refractivity contribution < 1.29 is 9.59 Å². The van der Waals surface area contributed by atoms with Gasteiger partial charge >= 0.3 is 11.8 Å². The Kier molecular flexibility index (Phi) is 1.98. The van der Waals surface area contributed by atoms with Crippen molar-refractivity contribution >= 4 is 11.8 Å². The second kappa shape index (κ2) is 3.01. The number of nitrogens with zero attached hydrogens (tertiary/aromatic N) is 1. The lowest BCUT2D eigenvalue weighted by Crippen LogP contribution is -2.54. The van der Waals surface area contributed by atoms with Gasteiger partial charge in [0, 0.05) is 20.1 Å². The number of carbonyl (C=O) groups excluding carboxylic acids is 2. The van der Waals surface area contributed by atoms with E-state index in [0.29, 0.717) is 5.92 Å². The minimum absolute atomic E-state index is 0.376. The third-order valence-corrected chi connectivity index (χ3v) is 2.91. The highest BCUT2D eigenvalue weighted by Gasteiger charge is 2.42. The minimum atomic E-state index is -0.491. The molecule has 1 N–H and O–H groups in total. The van der Waals surface area contributed by atoms with E-state index < -0.39 is 5.91 Å². The Balaban J connectivity index is 1.78. The van der Waals surface area contributed by atoms with E-state index in [9.17, 15) is 9.59 Å². The average Bonchev–Trinajstić information content (AvgIpc) is 2.84. The Morgan fingerprint density at radius 1 is 1.23 bits per heavy atom. The van der Waals surface area contributed by atoms with Crippen molar-refractivity contribution in [3.8, 4) is 0 Å². The average molecular weight is 182 g/mol. The normalized spacial score (nSPS) is 22.4. The highest BCUT2D eigenvalue weighted by atomic mass is 16.2. The first-order valence-corrected chi connectivity index (χ1v) is 4.73. The van der Waals surface area contributed by atoms with E-state index in [2.05, 4.69) is 5.32 Å². The summed E-state index contributed by atoms with van der Waals surface area (Å²) in [5, 5.41) is 2.34. The summed E-state index contributed by atoms with van der Waals surface area (Å²) in [6, 6.07) is 0. The summed E-state index contributed by atoms with van der Waals surface area (Å²) in [7, 11) is 1.48. The predicted molar refractivity (Wildman–Crippen MR) is 46.9 cm³/mol. The van der Waals surface area contributed by atoms with E-state index in [1.165, 1.54) is 19.9 Å². The fraction of sp³-hybridized carbons (Fsp3) is 0.778. The molecule has 2 rings (SSSR count). The fourth-order valence-corrected chi connectivity index (χ4v) is 1.79. The smallest absolute Gasteiger partial charge is 0.311 e. The number of likely N-dealkylation sites (N-methyl/N-ethyl adjacent to an activating group) is 1. The second-order valence-electron chi connectivity index (χ2n) is 3.89. The zero-order valence-electron chi connectivity index (χ0n) is 7.75. The molecule has 1 aliphatic carbocycles. The van der Waals surface area contributed by atoms with E-state index in [0.717, 1.165) is 19.0 Å². The van der Waals surface area contributed by atoms with E-state index in [1.807, 2.05) is 0 Å². The molecule has 4 nitrogen and oxygen atoms in total. The number of amides is 2. The van der Waals surface area contributed by atoms with Crippen LogP contribution >= 0.6 is 0 Å². The molecule has 0 unspecified atom stereocenters. The molecule has 1 saturated heterocycles. The monoisotopic (exact) mass is 182 g/mol. The summed E-state index contributed by atoms with van der Waals surface area (Å²) < 4.78 is 0. The number of hydrogen-bond acceptors (Lipinski definition) is 2. The SMILES string of the molecule is CNC(=O)C(=O)N1CC(C2CC2)C1. The summed E-state index contributed by atoms with van der Waals surface area (Å²) >= 11 is 0. The third kappa shape index (κ3) is 1.53. The molecule has 0 radical (unpaired) electrons. The molecular formula is C9H14N2O2. The van der Waals surface area contributed by atoms with Crippen molar-refractivity contribution in [2.45, 2.75) is 12.8 Å². The molecule has 1 aliphatic heterocycles. The number of rotatable bonds is 1. The first-order chi connectivity index (χ1) is 6.22. The van der Waals surface area contributed by atoms with Crippen LogP contribution in [0.15, 0.2) is 0 Å². The summed E-state index contributed by atoms with van der Waals surface area (Å²) in [6.07, 6.45) is 2.62. The van der Waals surface area contributed by atoms with Gasteiger partial charge in [0.2, 0.25) is 0 Å². The molecule has 2 fully saturated rings. The van der Waals surface area contributed by atoms with Crippen LogP contribution in [0.3, 0.4) is 0 Å². The standard InChI is InChI=1S/C9H14N2O2/c1-10-8(12)9(13)11-4-7(5-11)6-2-3-6/h6-7H,2-5H2,1H3,(H,10,12). The summed E-state index contributed by atoms with van der Waals surface area (Å²) in [5.74, 6) is 0.649. The quantitative estimate of drug-likeness (QED) is 0.561. The number of carbonyl (C=O) groups is 2. The topological polar surface area (TPSA) is 49.4 Å². The van der Waals surface area contributed by atoms with Gasteiger partial charge in [-0.3, -0.25) is 9.59 Å². The molecule has 1 heterocycles. The highest BCUT2D eigenvalue weighted by molar-refractivity contribution is 6.35. The third-order valence-electron chi connectivity index (χ3n) is 2.91. The number of hydrogen-bond donors (Lipinski definition) is 1. The maximum atomic E-state index is 11.3. The van der Waals surface area contributed by atoms with E-state index in [1.54, 1.807) is 4.90 Å². The van der Waals surface area contributed by atoms with Gasteiger partial charge in [-0.1, -0.05) is 0 Å². The molecule has 1 saturated carbocycles. The van der Waals surface area contributed by atoms with Crippen LogP contribution in [0.2, 0.25) is 0 Å². The number of likely N-dealkylation sites (tertiary alicyclic amines) is 1. The molecule has 13 heavy (non-hydrogen) atoms. The van der Waals surface area contributed by atoms with Crippen LogP contribution in [0.5, 0.6) is 0 Å². The maximum absolute atomic E-state index is 11.3. The van der Waals surface area contributed by atoms with Gasteiger partial charge in [0.25, 0.3) is 0 Å². The van der Waals surface area contributed by atoms with Crippen LogP contribution in [-0.2, 0) is 9.59 Å². The van der Waals surface area contributed by atoms with Crippen molar-refractivity contribution in [1.29, 1.82) is 0 Å². The minimum Gasteiger partial charge on any atom is -0.351 e. The highest BCUT2D eigenvalue weighted by Crippen LogP contribution is 2.41. The van der Waals surface area contributed by atoms with Gasteiger partial charge in [0.1, 0.15) is 0 Å². The van der Waals surface area contributed by atoms with Crippen LogP contribution < -0.4 is 5.32 Å². The van der Waals surface area contributed by atoms with Gasteiger partial charge in [-0.15, -0.1) is 0 Å².